The summed E-state index contributed by atoms with van der Waals surface area (Å²) in [6.07, 6.45) is 2.81. The van der Waals surface area contributed by atoms with Crippen molar-refractivity contribution in [1.82, 2.24) is 14.3 Å². The van der Waals surface area contributed by atoms with Crippen molar-refractivity contribution in [3.63, 3.8) is 0 Å². The molecule has 1 unspecified atom stereocenters. The summed E-state index contributed by atoms with van der Waals surface area (Å²) in [6, 6.07) is 0. The van der Waals surface area contributed by atoms with Crippen LogP contribution in [0.25, 0.3) is 0 Å². The highest BCUT2D eigenvalue weighted by molar-refractivity contribution is 7.89. The smallest absolute Gasteiger partial charge is 0.260 e. The molecule has 1 aliphatic rings. The van der Waals surface area contributed by atoms with Gasteiger partial charge in [0.15, 0.2) is 5.03 Å². The van der Waals surface area contributed by atoms with Crippen LogP contribution >= 0.6 is 0 Å². The number of nitrogens with zero attached hydrogens (tertiary/aromatic N) is 2. The molecule has 1 atom stereocenters. The van der Waals surface area contributed by atoms with Crippen molar-refractivity contribution in [2.24, 2.45) is 11.7 Å². The van der Waals surface area contributed by atoms with Crippen LogP contribution in [-0.4, -0.2) is 41.6 Å². The molecule has 1 saturated heterocycles. The van der Waals surface area contributed by atoms with Crippen molar-refractivity contribution in [1.29, 1.82) is 5.41 Å². The predicted molar refractivity (Wildman–Crippen MR) is 66.7 cm³/mol. The molecule has 8 heteroatoms. The normalized spacial score (nSPS) is 21.9. The number of H-pyrrole nitrogens is 1. The Hall–Kier alpha value is -1.41. The van der Waals surface area contributed by atoms with Crippen LogP contribution in [0.4, 0.5) is 0 Å². The van der Waals surface area contributed by atoms with E-state index >= 15 is 0 Å². The number of imidazole rings is 1. The van der Waals surface area contributed by atoms with Crippen molar-refractivity contribution in [2.45, 2.75) is 24.8 Å². The number of aromatic nitrogens is 2. The first-order valence-corrected chi connectivity index (χ1v) is 7.21. The lowest BCUT2D eigenvalue weighted by Gasteiger charge is -2.30. The van der Waals surface area contributed by atoms with Gasteiger partial charge in [-0.15, -0.1) is 0 Å². The number of aromatic amines is 1. The summed E-state index contributed by atoms with van der Waals surface area (Å²) in [5.41, 5.74) is 5.46. The SMILES string of the molecule is Cc1ncc(S(=O)(=O)N2CCCC(C(=N)N)C2)[nH]1. The molecule has 0 spiro atoms. The standard InChI is InChI=1S/C10H17N5O2S/c1-7-13-5-9(14-7)18(16,17)15-4-2-3-8(6-15)10(11)12/h5,8H,2-4,6H2,1H3,(H3,11,12)(H,13,14). The van der Waals surface area contributed by atoms with Crippen molar-refractivity contribution in [3.05, 3.63) is 12.0 Å². The van der Waals surface area contributed by atoms with E-state index in [0.29, 0.717) is 12.4 Å². The van der Waals surface area contributed by atoms with Gasteiger partial charge >= 0.3 is 0 Å². The fraction of sp³-hybridized carbons (Fsp3) is 0.600. The van der Waals surface area contributed by atoms with Gasteiger partial charge in [0.2, 0.25) is 0 Å². The largest absolute Gasteiger partial charge is 0.387 e. The molecular weight excluding hydrogens is 254 g/mol. The maximum absolute atomic E-state index is 12.3. The van der Waals surface area contributed by atoms with Crippen LogP contribution in [0.2, 0.25) is 0 Å². The van der Waals surface area contributed by atoms with Crippen LogP contribution in [0.1, 0.15) is 18.7 Å². The molecule has 0 aromatic carbocycles. The highest BCUT2D eigenvalue weighted by atomic mass is 32.2. The number of aryl methyl sites for hydroxylation is 1. The highest BCUT2D eigenvalue weighted by Gasteiger charge is 2.32. The first-order chi connectivity index (χ1) is 8.41. The van der Waals surface area contributed by atoms with Gasteiger partial charge in [-0.3, -0.25) is 5.41 Å². The molecular formula is C10H17N5O2S. The van der Waals surface area contributed by atoms with Gasteiger partial charge in [0.1, 0.15) is 5.82 Å². The zero-order valence-electron chi connectivity index (χ0n) is 10.2. The summed E-state index contributed by atoms with van der Waals surface area (Å²) in [5.74, 6) is 0.432. The van der Waals surface area contributed by atoms with Gasteiger partial charge in [0, 0.05) is 19.0 Å². The fourth-order valence-electron chi connectivity index (χ4n) is 2.08. The molecule has 18 heavy (non-hydrogen) atoms. The molecule has 7 nitrogen and oxygen atoms in total. The van der Waals surface area contributed by atoms with Crippen molar-refractivity contribution in [3.8, 4) is 0 Å². The molecule has 2 rings (SSSR count). The van der Waals surface area contributed by atoms with Gasteiger partial charge in [-0.25, -0.2) is 13.4 Å². The zero-order chi connectivity index (χ0) is 13.3. The lowest BCUT2D eigenvalue weighted by molar-refractivity contribution is 0.309. The number of piperidine rings is 1. The number of rotatable bonds is 3. The molecule has 100 valence electrons. The van der Waals surface area contributed by atoms with Gasteiger partial charge in [0.25, 0.3) is 10.0 Å². The van der Waals surface area contributed by atoms with Gasteiger partial charge in [-0.2, -0.15) is 4.31 Å². The number of amidine groups is 1. The first-order valence-electron chi connectivity index (χ1n) is 5.77. The first kappa shape index (κ1) is 13.0. The van der Waals surface area contributed by atoms with Crippen LogP contribution in [0, 0.1) is 18.3 Å². The fourth-order valence-corrected chi connectivity index (χ4v) is 3.57. The average Bonchev–Trinajstić information content (AvgIpc) is 2.77. The van der Waals surface area contributed by atoms with Gasteiger partial charge < -0.3 is 10.7 Å². The minimum Gasteiger partial charge on any atom is -0.387 e. The minimum atomic E-state index is -3.54. The van der Waals surface area contributed by atoms with Crippen LogP contribution in [0.5, 0.6) is 0 Å². The molecule has 1 aromatic rings. The number of nitrogens with two attached hydrogens (primary N) is 1. The molecule has 0 aliphatic carbocycles. The molecule has 1 aliphatic heterocycles. The Morgan fingerprint density at radius 1 is 1.67 bits per heavy atom. The second kappa shape index (κ2) is 4.69. The number of sulfonamides is 1. The molecule has 4 N–H and O–H groups in total. The van der Waals surface area contributed by atoms with Crippen LogP contribution in [0.3, 0.4) is 0 Å². The number of hydrogen-bond donors (Lipinski definition) is 3. The summed E-state index contributed by atoms with van der Waals surface area (Å²) >= 11 is 0. The van der Waals surface area contributed by atoms with Crippen molar-refractivity contribution >= 4 is 15.9 Å². The highest BCUT2D eigenvalue weighted by Crippen LogP contribution is 2.22. The van der Waals surface area contributed by atoms with Gasteiger partial charge in [-0.1, -0.05) is 0 Å². The van der Waals surface area contributed by atoms with E-state index in [4.69, 9.17) is 11.1 Å². The van der Waals surface area contributed by atoms with Gasteiger partial charge in [-0.05, 0) is 19.8 Å². The van der Waals surface area contributed by atoms with Crippen molar-refractivity contribution in [2.75, 3.05) is 13.1 Å². The Morgan fingerprint density at radius 3 is 2.94 bits per heavy atom. The van der Waals surface area contributed by atoms with Crippen LogP contribution in [0.15, 0.2) is 11.2 Å². The van der Waals surface area contributed by atoms with E-state index in [0.717, 1.165) is 12.8 Å². The summed E-state index contributed by atoms with van der Waals surface area (Å²) in [6.45, 7) is 2.44. The third-order valence-corrected chi connectivity index (χ3v) is 4.90. The van der Waals surface area contributed by atoms with Crippen LogP contribution in [-0.2, 0) is 10.0 Å². The van der Waals surface area contributed by atoms with E-state index in [2.05, 4.69) is 9.97 Å². The lowest BCUT2D eigenvalue weighted by Crippen LogP contribution is -2.43. The number of hydrogen-bond acceptors (Lipinski definition) is 4. The Labute approximate surface area is 106 Å². The summed E-state index contributed by atoms with van der Waals surface area (Å²) < 4.78 is 26.0. The Morgan fingerprint density at radius 2 is 2.39 bits per heavy atom. The second-order valence-corrected chi connectivity index (χ2v) is 6.40. The summed E-state index contributed by atoms with van der Waals surface area (Å²) in [5, 5.41) is 7.53. The monoisotopic (exact) mass is 271 g/mol. The van der Waals surface area contributed by atoms with E-state index in [-0.39, 0.29) is 23.3 Å². The Balaban J connectivity index is 2.22. The molecule has 2 heterocycles. The minimum absolute atomic E-state index is 0.0516. The van der Waals surface area contributed by atoms with Crippen molar-refractivity contribution < 1.29 is 8.42 Å². The summed E-state index contributed by atoms with van der Waals surface area (Å²) in [4.78, 5) is 6.64. The lowest BCUT2D eigenvalue weighted by atomic mass is 9.99. The molecule has 1 aromatic heterocycles. The molecule has 1 fully saturated rings. The van der Waals surface area contributed by atoms with E-state index in [1.165, 1.54) is 10.5 Å². The summed E-state index contributed by atoms with van der Waals surface area (Å²) in [7, 11) is -3.54. The van der Waals surface area contributed by atoms with E-state index in [9.17, 15) is 8.42 Å². The Bertz CT molecular complexity index is 550. The predicted octanol–water partition coefficient (Wildman–Crippen LogP) is 0.0548. The zero-order valence-corrected chi connectivity index (χ0v) is 11.0. The quantitative estimate of drug-likeness (QED) is 0.532. The third-order valence-electron chi connectivity index (χ3n) is 3.12. The molecule has 0 saturated carbocycles. The number of nitrogens with one attached hydrogen (secondary N) is 2. The third kappa shape index (κ3) is 2.39. The molecule has 0 radical (unpaired) electrons. The maximum atomic E-state index is 12.3. The van der Waals surface area contributed by atoms with Gasteiger partial charge in [0.05, 0.1) is 12.0 Å². The van der Waals surface area contributed by atoms with E-state index in [1.54, 1.807) is 6.92 Å². The van der Waals surface area contributed by atoms with Crippen LogP contribution < -0.4 is 5.73 Å². The molecule has 0 bridgehead atoms. The topological polar surface area (TPSA) is 116 Å². The Kier molecular flexibility index (Phi) is 3.40. The average molecular weight is 271 g/mol. The van der Waals surface area contributed by atoms with E-state index < -0.39 is 10.0 Å². The maximum Gasteiger partial charge on any atom is 0.260 e. The second-order valence-electron chi connectivity index (χ2n) is 4.49. The molecule has 0 amide bonds. The van der Waals surface area contributed by atoms with E-state index in [1.807, 2.05) is 0 Å².